The molecule has 4 heteroatoms. The first-order valence-corrected chi connectivity index (χ1v) is 5.52. The Labute approximate surface area is 93.1 Å². The summed E-state index contributed by atoms with van der Waals surface area (Å²) in [5.74, 6) is 0.924. The van der Waals surface area contributed by atoms with Crippen molar-refractivity contribution in [2.24, 2.45) is 0 Å². The molecule has 0 radical (unpaired) electrons. The third-order valence-corrected chi connectivity index (χ3v) is 3.00. The van der Waals surface area contributed by atoms with Crippen LogP contribution in [0.15, 0.2) is 18.3 Å². The minimum absolute atomic E-state index is 0.576. The van der Waals surface area contributed by atoms with Gasteiger partial charge in [0.2, 0.25) is 0 Å². The van der Waals surface area contributed by atoms with Gasteiger partial charge in [-0.25, -0.2) is 4.98 Å². The lowest BCUT2D eigenvalue weighted by Gasteiger charge is -2.05. The van der Waals surface area contributed by atoms with Gasteiger partial charge in [-0.1, -0.05) is 11.6 Å². The molecule has 0 unspecified atom stereocenters. The monoisotopic (exact) mass is 221 g/mol. The predicted octanol–water partition coefficient (Wildman–Crippen LogP) is 2.87. The van der Waals surface area contributed by atoms with Crippen LogP contribution < -0.4 is 5.32 Å². The lowest BCUT2D eigenvalue weighted by molar-refractivity contribution is 1.04. The highest BCUT2D eigenvalue weighted by molar-refractivity contribution is 6.32. The van der Waals surface area contributed by atoms with E-state index in [9.17, 15) is 0 Å². The Balaban J connectivity index is 2.07. The summed E-state index contributed by atoms with van der Waals surface area (Å²) in [6.07, 6.45) is 4.56. The molecule has 0 saturated heterocycles. The van der Waals surface area contributed by atoms with Gasteiger partial charge in [0.25, 0.3) is 0 Å². The Bertz CT molecular complexity index is 514. The van der Waals surface area contributed by atoms with Crippen molar-refractivity contribution in [3.8, 4) is 0 Å². The minimum Gasteiger partial charge on any atom is -0.382 e. The highest BCUT2D eigenvalue weighted by Gasteiger charge is 2.20. The maximum atomic E-state index is 6.04. The maximum Gasteiger partial charge on any atom is 0.155 e. The first-order chi connectivity index (χ1) is 7.24. The number of halogens is 1. The second-order valence-corrected chi connectivity index (χ2v) is 4.40. The number of hydrogen-bond donors (Lipinski definition) is 1. The Hall–Kier alpha value is -1.22. The van der Waals surface area contributed by atoms with Crippen molar-refractivity contribution < 1.29 is 0 Å². The molecule has 3 nitrogen and oxygen atoms in total. The van der Waals surface area contributed by atoms with E-state index in [1.807, 2.05) is 17.5 Å². The molecule has 2 heterocycles. The third-order valence-electron chi connectivity index (χ3n) is 2.72. The Morgan fingerprint density at radius 3 is 3.07 bits per heavy atom. The third kappa shape index (κ3) is 1.57. The zero-order valence-electron chi connectivity index (χ0n) is 8.50. The molecule has 15 heavy (non-hydrogen) atoms. The molecular weight excluding hydrogens is 210 g/mol. The van der Waals surface area contributed by atoms with Crippen molar-refractivity contribution in [1.29, 1.82) is 0 Å². The van der Waals surface area contributed by atoms with Crippen LogP contribution in [0.4, 0.5) is 5.69 Å². The Kier molecular flexibility index (Phi) is 1.89. The number of pyridine rings is 1. The molecule has 1 fully saturated rings. The second-order valence-electron chi connectivity index (χ2n) is 4.04. The van der Waals surface area contributed by atoms with E-state index in [-0.39, 0.29) is 0 Å². The molecule has 78 valence electrons. The summed E-state index contributed by atoms with van der Waals surface area (Å²) in [6, 6.07) is 4.78. The van der Waals surface area contributed by atoms with E-state index in [2.05, 4.69) is 22.4 Å². The molecule has 0 aliphatic heterocycles. The van der Waals surface area contributed by atoms with Crippen LogP contribution in [0, 0.1) is 6.92 Å². The molecule has 0 spiro atoms. The number of aryl methyl sites for hydroxylation is 1. The smallest absolute Gasteiger partial charge is 0.155 e. The molecule has 1 N–H and O–H groups in total. The summed E-state index contributed by atoms with van der Waals surface area (Å²) in [7, 11) is 0. The summed E-state index contributed by atoms with van der Waals surface area (Å²) in [5, 5.41) is 4.02. The van der Waals surface area contributed by atoms with Crippen molar-refractivity contribution in [2.75, 3.05) is 5.32 Å². The average Bonchev–Trinajstić information content (AvgIpc) is 2.96. The fraction of sp³-hybridized carbons (Fsp3) is 0.364. The quantitative estimate of drug-likeness (QED) is 0.845. The number of imidazole rings is 1. The Morgan fingerprint density at radius 1 is 1.53 bits per heavy atom. The minimum atomic E-state index is 0.576. The number of rotatable bonds is 2. The highest BCUT2D eigenvalue weighted by atomic mass is 35.5. The van der Waals surface area contributed by atoms with E-state index in [0.29, 0.717) is 11.2 Å². The molecular formula is C11H12ClN3. The van der Waals surface area contributed by atoms with Crippen LogP contribution in [0.25, 0.3) is 5.52 Å². The molecule has 0 bridgehead atoms. The van der Waals surface area contributed by atoms with Gasteiger partial charge < -0.3 is 9.72 Å². The zero-order valence-corrected chi connectivity index (χ0v) is 9.25. The molecule has 1 aliphatic carbocycles. The van der Waals surface area contributed by atoms with E-state index in [1.165, 1.54) is 12.8 Å². The SMILES string of the molecule is Cc1nc(Cl)c2cc(NC3CC3)ccn12. The van der Waals surface area contributed by atoms with Crippen molar-refractivity contribution in [3.63, 3.8) is 0 Å². The molecule has 0 atom stereocenters. The summed E-state index contributed by atoms with van der Waals surface area (Å²) in [5.41, 5.74) is 2.10. The topological polar surface area (TPSA) is 29.3 Å². The summed E-state index contributed by atoms with van der Waals surface area (Å²) >= 11 is 6.04. The normalized spacial score (nSPS) is 15.9. The van der Waals surface area contributed by atoms with Crippen molar-refractivity contribution in [3.05, 3.63) is 29.3 Å². The number of fused-ring (bicyclic) bond motifs is 1. The van der Waals surface area contributed by atoms with Gasteiger partial charge in [-0.05, 0) is 31.9 Å². The number of nitrogens with zero attached hydrogens (tertiary/aromatic N) is 2. The van der Waals surface area contributed by atoms with Gasteiger partial charge in [0.15, 0.2) is 5.15 Å². The predicted molar refractivity (Wildman–Crippen MR) is 61.6 cm³/mol. The van der Waals surface area contributed by atoms with E-state index in [4.69, 9.17) is 11.6 Å². The van der Waals surface area contributed by atoms with Gasteiger partial charge in [0.05, 0.1) is 5.52 Å². The number of aromatic nitrogens is 2. The number of hydrogen-bond acceptors (Lipinski definition) is 2. The Morgan fingerprint density at radius 2 is 2.33 bits per heavy atom. The van der Waals surface area contributed by atoms with Crippen LogP contribution >= 0.6 is 11.6 Å². The number of anilines is 1. The highest BCUT2D eigenvalue weighted by Crippen LogP contribution is 2.27. The van der Waals surface area contributed by atoms with E-state index in [0.717, 1.165) is 17.0 Å². The van der Waals surface area contributed by atoms with Gasteiger partial charge in [-0.3, -0.25) is 0 Å². The van der Waals surface area contributed by atoms with E-state index >= 15 is 0 Å². The van der Waals surface area contributed by atoms with Gasteiger partial charge in [-0.2, -0.15) is 0 Å². The van der Waals surface area contributed by atoms with Crippen LogP contribution in [0.1, 0.15) is 18.7 Å². The van der Waals surface area contributed by atoms with Crippen LogP contribution in [0.5, 0.6) is 0 Å². The van der Waals surface area contributed by atoms with Gasteiger partial charge in [0.1, 0.15) is 5.82 Å². The van der Waals surface area contributed by atoms with Gasteiger partial charge >= 0.3 is 0 Å². The summed E-state index contributed by atoms with van der Waals surface area (Å²) in [4.78, 5) is 4.23. The molecule has 0 amide bonds. The molecule has 0 aromatic carbocycles. The van der Waals surface area contributed by atoms with E-state index < -0.39 is 0 Å². The average molecular weight is 222 g/mol. The first-order valence-electron chi connectivity index (χ1n) is 5.15. The van der Waals surface area contributed by atoms with Crippen molar-refractivity contribution in [2.45, 2.75) is 25.8 Å². The fourth-order valence-electron chi connectivity index (χ4n) is 1.75. The largest absolute Gasteiger partial charge is 0.382 e. The summed E-state index contributed by atoms with van der Waals surface area (Å²) in [6.45, 7) is 1.95. The molecule has 2 aromatic rings. The van der Waals surface area contributed by atoms with Crippen molar-refractivity contribution in [1.82, 2.24) is 9.38 Å². The maximum absolute atomic E-state index is 6.04. The standard InChI is InChI=1S/C11H12ClN3/c1-7-13-11(12)10-6-9(4-5-15(7)10)14-8-2-3-8/h4-6,8,14H,2-3H2,1H3. The van der Waals surface area contributed by atoms with E-state index in [1.54, 1.807) is 0 Å². The van der Waals surface area contributed by atoms with Gasteiger partial charge in [-0.15, -0.1) is 0 Å². The van der Waals surface area contributed by atoms with Gasteiger partial charge in [0, 0.05) is 17.9 Å². The number of nitrogens with one attached hydrogen (secondary N) is 1. The molecule has 1 saturated carbocycles. The molecule has 3 rings (SSSR count). The lowest BCUT2D eigenvalue weighted by atomic mass is 10.3. The van der Waals surface area contributed by atoms with Crippen molar-refractivity contribution >= 4 is 22.8 Å². The van der Waals surface area contributed by atoms with Crippen LogP contribution in [-0.2, 0) is 0 Å². The zero-order chi connectivity index (χ0) is 10.4. The second kappa shape index (κ2) is 3.14. The van der Waals surface area contributed by atoms with Crippen LogP contribution in [0.2, 0.25) is 5.15 Å². The first kappa shape index (κ1) is 9.04. The fourth-order valence-corrected chi connectivity index (χ4v) is 2.02. The van der Waals surface area contributed by atoms with Crippen LogP contribution in [0.3, 0.4) is 0 Å². The lowest BCUT2D eigenvalue weighted by Crippen LogP contribution is -2.01. The summed E-state index contributed by atoms with van der Waals surface area (Å²) < 4.78 is 2.00. The van der Waals surface area contributed by atoms with Crippen LogP contribution in [-0.4, -0.2) is 15.4 Å². The molecule has 2 aromatic heterocycles. The molecule has 1 aliphatic rings.